The highest BCUT2D eigenvalue weighted by Crippen LogP contribution is 2.10. The number of nitrogens with one attached hydrogen (secondary N) is 1. The van der Waals surface area contributed by atoms with Crippen molar-refractivity contribution in [3.05, 3.63) is 24.1 Å². The van der Waals surface area contributed by atoms with Gasteiger partial charge in [0.05, 0.1) is 5.75 Å². The third-order valence-electron chi connectivity index (χ3n) is 5.00. The quantitative estimate of drug-likeness (QED) is 0.150. The molecule has 0 aromatic carbocycles. The van der Waals surface area contributed by atoms with Gasteiger partial charge in [0.25, 0.3) is 0 Å². The largest absolute Gasteiger partial charge is 0.355 e. The van der Waals surface area contributed by atoms with Gasteiger partial charge in [-0.2, -0.15) is 11.8 Å². The lowest BCUT2D eigenvalue weighted by Crippen LogP contribution is -2.25. The minimum absolute atomic E-state index is 0.104. The van der Waals surface area contributed by atoms with E-state index in [1.807, 2.05) is 0 Å². The second-order valence-corrected chi connectivity index (χ2v) is 11.1. The SMILES string of the molecule is C=CS(=O)(=O)CCSCCNC(=O)CCCCCCC/C=C\CCCCCCCC. The van der Waals surface area contributed by atoms with E-state index in [2.05, 4.69) is 31.0 Å². The van der Waals surface area contributed by atoms with E-state index in [1.54, 1.807) is 0 Å². The summed E-state index contributed by atoms with van der Waals surface area (Å²) < 4.78 is 22.5. The molecule has 0 spiro atoms. The Balaban J connectivity index is 3.31. The van der Waals surface area contributed by atoms with Crippen molar-refractivity contribution >= 4 is 27.5 Å². The van der Waals surface area contributed by atoms with Gasteiger partial charge in [-0.15, -0.1) is 0 Å². The molecule has 176 valence electrons. The summed E-state index contributed by atoms with van der Waals surface area (Å²) in [4.78, 5) is 11.8. The molecule has 0 unspecified atom stereocenters. The Morgan fingerprint density at radius 2 is 1.43 bits per heavy atom. The maximum Gasteiger partial charge on any atom is 0.220 e. The maximum atomic E-state index is 11.8. The fraction of sp³-hybridized carbons (Fsp3) is 0.792. The van der Waals surface area contributed by atoms with Crippen LogP contribution in [0, 0.1) is 0 Å². The van der Waals surface area contributed by atoms with Gasteiger partial charge in [0.15, 0.2) is 9.84 Å². The first-order valence-corrected chi connectivity index (χ1v) is 14.7. The van der Waals surface area contributed by atoms with Crippen molar-refractivity contribution in [3.8, 4) is 0 Å². The Hall–Kier alpha value is -0.750. The summed E-state index contributed by atoms with van der Waals surface area (Å²) in [6.07, 6.45) is 21.6. The van der Waals surface area contributed by atoms with Gasteiger partial charge in [-0.05, 0) is 32.1 Å². The summed E-state index contributed by atoms with van der Waals surface area (Å²) in [5.41, 5.74) is 0. The molecule has 0 aliphatic heterocycles. The molecular formula is C24H45NO3S2. The maximum absolute atomic E-state index is 11.8. The molecule has 6 heteroatoms. The van der Waals surface area contributed by atoms with Crippen LogP contribution in [0.25, 0.3) is 0 Å². The van der Waals surface area contributed by atoms with Crippen molar-refractivity contribution in [3.63, 3.8) is 0 Å². The van der Waals surface area contributed by atoms with E-state index in [0.29, 0.717) is 18.7 Å². The monoisotopic (exact) mass is 459 g/mol. The lowest BCUT2D eigenvalue weighted by atomic mass is 10.1. The van der Waals surface area contributed by atoms with E-state index in [1.165, 1.54) is 82.4 Å². The molecule has 0 atom stereocenters. The minimum atomic E-state index is -3.10. The fourth-order valence-electron chi connectivity index (χ4n) is 3.07. The lowest BCUT2D eigenvalue weighted by molar-refractivity contribution is -0.121. The summed E-state index contributed by atoms with van der Waals surface area (Å²) in [5.74, 6) is 1.50. The van der Waals surface area contributed by atoms with E-state index in [0.717, 1.165) is 24.0 Å². The first kappa shape index (κ1) is 29.2. The third kappa shape index (κ3) is 21.9. The number of carbonyl (C=O) groups excluding carboxylic acids is 1. The van der Waals surface area contributed by atoms with Crippen molar-refractivity contribution in [1.82, 2.24) is 5.32 Å². The average molecular weight is 460 g/mol. The van der Waals surface area contributed by atoms with Crippen LogP contribution < -0.4 is 5.32 Å². The molecular weight excluding hydrogens is 414 g/mol. The number of amides is 1. The van der Waals surface area contributed by atoms with Gasteiger partial charge in [0, 0.05) is 29.9 Å². The summed E-state index contributed by atoms with van der Waals surface area (Å²) in [7, 11) is -3.10. The van der Waals surface area contributed by atoms with Crippen molar-refractivity contribution < 1.29 is 13.2 Å². The highest BCUT2D eigenvalue weighted by atomic mass is 32.2. The predicted octanol–water partition coefficient (Wildman–Crippen LogP) is 6.43. The molecule has 0 fully saturated rings. The summed E-state index contributed by atoms with van der Waals surface area (Å²) in [6, 6.07) is 0. The summed E-state index contributed by atoms with van der Waals surface area (Å²) in [6.45, 7) is 6.15. The fourth-order valence-corrected chi connectivity index (χ4v) is 5.09. The Morgan fingerprint density at radius 1 is 0.867 bits per heavy atom. The molecule has 0 aromatic heterocycles. The first-order chi connectivity index (χ1) is 14.5. The van der Waals surface area contributed by atoms with Crippen LogP contribution in [0.5, 0.6) is 0 Å². The number of hydrogen-bond donors (Lipinski definition) is 1. The standard InChI is InChI=1S/C24H45NO3S2/c1-3-5-6-7-8-9-10-11-12-13-14-15-16-17-18-19-24(26)25-20-21-29-22-23-30(27,28)4-2/h4,11-12H,2-3,5-10,13-23H2,1H3,(H,25,26)/b12-11-. The molecule has 1 N–H and O–H groups in total. The van der Waals surface area contributed by atoms with Crippen LogP contribution in [0.3, 0.4) is 0 Å². The molecule has 0 heterocycles. The molecule has 0 aromatic rings. The van der Waals surface area contributed by atoms with E-state index in [-0.39, 0.29) is 11.7 Å². The number of carbonyl (C=O) groups is 1. The molecule has 0 aliphatic rings. The zero-order valence-corrected chi connectivity index (χ0v) is 20.8. The second-order valence-electron chi connectivity index (χ2n) is 7.83. The van der Waals surface area contributed by atoms with Gasteiger partial charge in [-0.3, -0.25) is 4.79 Å². The topological polar surface area (TPSA) is 63.2 Å². The molecule has 30 heavy (non-hydrogen) atoms. The van der Waals surface area contributed by atoms with Gasteiger partial charge in [0.1, 0.15) is 0 Å². The zero-order valence-electron chi connectivity index (χ0n) is 19.2. The van der Waals surface area contributed by atoms with Crippen LogP contribution in [-0.2, 0) is 14.6 Å². The predicted molar refractivity (Wildman–Crippen MR) is 134 cm³/mol. The second kappa shape index (κ2) is 21.5. The first-order valence-electron chi connectivity index (χ1n) is 11.9. The highest BCUT2D eigenvalue weighted by molar-refractivity contribution is 8.01. The van der Waals surface area contributed by atoms with Crippen LogP contribution >= 0.6 is 11.8 Å². The lowest BCUT2D eigenvalue weighted by Gasteiger charge is -2.05. The Labute approximate surface area is 190 Å². The smallest absolute Gasteiger partial charge is 0.220 e. The van der Waals surface area contributed by atoms with E-state index < -0.39 is 9.84 Å². The molecule has 0 aliphatic carbocycles. The minimum Gasteiger partial charge on any atom is -0.355 e. The Bertz CT molecular complexity index is 545. The number of thioether (sulfide) groups is 1. The molecule has 0 radical (unpaired) electrons. The number of allylic oxidation sites excluding steroid dienone is 2. The van der Waals surface area contributed by atoms with Crippen molar-refractivity contribution in [2.24, 2.45) is 0 Å². The molecule has 0 rings (SSSR count). The van der Waals surface area contributed by atoms with Gasteiger partial charge in [0.2, 0.25) is 5.91 Å². The van der Waals surface area contributed by atoms with Gasteiger partial charge < -0.3 is 5.32 Å². The van der Waals surface area contributed by atoms with E-state index in [4.69, 9.17) is 0 Å². The molecule has 4 nitrogen and oxygen atoms in total. The molecule has 0 saturated carbocycles. The molecule has 0 bridgehead atoms. The number of sulfone groups is 1. The number of rotatable bonds is 22. The number of unbranched alkanes of at least 4 members (excludes halogenated alkanes) is 11. The molecule has 0 saturated heterocycles. The van der Waals surface area contributed by atoms with E-state index >= 15 is 0 Å². The van der Waals surface area contributed by atoms with Crippen LogP contribution in [0.4, 0.5) is 0 Å². The van der Waals surface area contributed by atoms with Gasteiger partial charge >= 0.3 is 0 Å². The Morgan fingerprint density at radius 3 is 2.03 bits per heavy atom. The van der Waals surface area contributed by atoms with Crippen LogP contribution in [-0.4, -0.2) is 38.1 Å². The van der Waals surface area contributed by atoms with E-state index in [9.17, 15) is 13.2 Å². The summed E-state index contributed by atoms with van der Waals surface area (Å²) in [5, 5.41) is 3.91. The summed E-state index contributed by atoms with van der Waals surface area (Å²) >= 11 is 1.54. The van der Waals surface area contributed by atoms with Gasteiger partial charge in [-0.25, -0.2) is 8.42 Å². The van der Waals surface area contributed by atoms with Crippen molar-refractivity contribution in [2.75, 3.05) is 23.8 Å². The van der Waals surface area contributed by atoms with Crippen LogP contribution in [0.2, 0.25) is 0 Å². The van der Waals surface area contributed by atoms with Crippen LogP contribution in [0.1, 0.15) is 96.8 Å². The van der Waals surface area contributed by atoms with Gasteiger partial charge in [-0.1, -0.05) is 77.0 Å². The highest BCUT2D eigenvalue weighted by Gasteiger charge is 2.04. The normalized spacial score (nSPS) is 11.8. The van der Waals surface area contributed by atoms with Crippen LogP contribution in [0.15, 0.2) is 24.1 Å². The average Bonchev–Trinajstić information content (AvgIpc) is 2.73. The van der Waals surface area contributed by atoms with Crippen molar-refractivity contribution in [1.29, 1.82) is 0 Å². The van der Waals surface area contributed by atoms with Crippen molar-refractivity contribution in [2.45, 2.75) is 96.8 Å². The number of hydrogen-bond acceptors (Lipinski definition) is 4. The zero-order chi connectivity index (χ0) is 22.3. The third-order valence-corrected chi connectivity index (χ3v) is 7.53. The Kier molecular flexibility index (Phi) is 20.9. The molecule has 1 amide bonds.